The Bertz CT molecular complexity index is 1300. The van der Waals surface area contributed by atoms with Gasteiger partial charge in [0, 0.05) is 87.0 Å². The first-order valence-electron chi connectivity index (χ1n) is 12.0. The van der Waals surface area contributed by atoms with Gasteiger partial charge in [-0.1, -0.05) is 24.3 Å². The zero-order chi connectivity index (χ0) is 24.4. The van der Waals surface area contributed by atoms with Crippen molar-refractivity contribution in [1.29, 1.82) is 0 Å². The molecule has 0 radical (unpaired) electrons. The van der Waals surface area contributed by atoms with Gasteiger partial charge in [0.2, 0.25) is 0 Å². The molecule has 5 rings (SSSR count). The number of carbonyl (C=O) groups is 1. The molecule has 0 bridgehead atoms. The summed E-state index contributed by atoms with van der Waals surface area (Å²) in [4.78, 5) is 26.4. The summed E-state index contributed by atoms with van der Waals surface area (Å²) in [7, 11) is 3.52. The van der Waals surface area contributed by atoms with Gasteiger partial charge in [-0.25, -0.2) is 4.98 Å². The van der Waals surface area contributed by atoms with E-state index >= 15 is 0 Å². The number of amides is 1. The van der Waals surface area contributed by atoms with E-state index in [9.17, 15) is 4.79 Å². The van der Waals surface area contributed by atoms with Crippen LogP contribution in [0.25, 0.3) is 33.3 Å². The molecule has 2 aromatic heterocycles. The molecular formula is C28H31N5O2. The van der Waals surface area contributed by atoms with Crippen LogP contribution in [0, 0.1) is 0 Å². The number of carbonyl (C=O) groups excluding carboxylic acids is 1. The van der Waals surface area contributed by atoms with Gasteiger partial charge in [-0.2, -0.15) is 0 Å². The average Bonchev–Trinajstić information content (AvgIpc) is 3.32. The number of aliphatic hydroxyl groups excluding tert-OH is 1. The summed E-state index contributed by atoms with van der Waals surface area (Å²) >= 11 is 0. The number of piperazine rings is 1. The van der Waals surface area contributed by atoms with E-state index < -0.39 is 0 Å². The minimum Gasteiger partial charge on any atom is -0.395 e. The largest absolute Gasteiger partial charge is 0.395 e. The first-order valence-corrected chi connectivity index (χ1v) is 12.0. The number of hydrogen-bond donors (Lipinski definition) is 2. The van der Waals surface area contributed by atoms with Crippen molar-refractivity contribution in [1.82, 2.24) is 19.8 Å². The topological polar surface area (TPSA) is 75.7 Å². The smallest absolute Gasteiger partial charge is 0.253 e. The van der Waals surface area contributed by atoms with Crippen LogP contribution in [0.4, 0.5) is 5.69 Å². The summed E-state index contributed by atoms with van der Waals surface area (Å²) in [5.41, 5.74) is 7.04. The zero-order valence-corrected chi connectivity index (χ0v) is 20.2. The summed E-state index contributed by atoms with van der Waals surface area (Å²) in [6.45, 7) is 4.86. The van der Waals surface area contributed by atoms with Gasteiger partial charge in [-0.3, -0.25) is 9.69 Å². The molecule has 7 nitrogen and oxygen atoms in total. The van der Waals surface area contributed by atoms with Crippen molar-refractivity contribution in [3.05, 3.63) is 72.6 Å². The minimum absolute atomic E-state index is 0.00471. The third-order valence-corrected chi connectivity index (χ3v) is 6.73. The molecule has 1 amide bonds. The maximum atomic E-state index is 12.2. The van der Waals surface area contributed by atoms with Crippen molar-refractivity contribution in [2.75, 3.05) is 58.3 Å². The Balaban J connectivity index is 1.36. The standard InChI is InChI=1S/C28H31N5O2/c1-31(2)28(35)22-5-3-21(4-6-22)26-19-30-27-25(26)17-23(18-29-27)20-7-9-24(10-8-20)33-13-11-32(12-14-33)15-16-34/h3-10,17-19,34H,11-16H2,1-2H3,(H,29,30). The SMILES string of the molecule is CN(C)C(=O)c1ccc(-c2c[nH]c3ncc(-c4ccc(N5CCN(CCO)CC5)cc4)cc23)cc1. The Morgan fingerprint density at radius 2 is 1.66 bits per heavy atom. The summed E-state index contributed by atoms with van der Waals surface area (Å²) < 4.78 is 0. The summed E-state index contributed by atoms with van der Waals surface area (Å²) in [6.07, 6.45) is 3.88. The highest BCUT2D eigenvalue weighted by Gasteiger charge is 2.17. The van der Waals surface area contributed by atoms with E-state index in [0.29, 0.717) is 5.56 Å². The highest BCUT2D eigenvalue weighted by molar-refractivity contribution is 5.98. The monoisotopic (exact) mass is 469 g/mol. The predicted octanol–water partition coefficient (Wildman–Crippen LogP) is 3.71. The summed E-state index contributed by atoms with van der Waals surface area (Å²) in [5.74, 6) is -0.00471. The fourth-order valence-corrected chi connectivity index (χ4v) is 4.69. The fraction of sp³-hybridized carbons (Fsp3) is 0.286. The Labute approximate surface area is 205 Å². The third kappa shape index (κ3) is 4.78. The van der Waals surface area contributed by atoms with Gasteiger partial charge in [0.05, 0.1) is 6.61 Å². The van der Waals surface area contributed by atoms with Crippen LogP contribution in [-0.4, -0.2) is 84.2 Å². The van der Waals surface area contributed by atoms with Crippen LogP contribution in [0.5, 0.6) is 0 Å². The van der Waals surface area contributed by atoms with Crippen LogP contribution in [0.15, 0.2) is 67.0 Å². The molecule has 0 unspecified atom stereocenters. The number of H-pyrrole nitrogens is 1. The van der Waals surface area contributed by atoms with Crippen LogP contribution in [0.3, 0.4) is 0 Å². The Morgan fingerprint density at radius 3 is 2.31 bits per heavy atom. The number of anilines is 1. The van der Waals surface area contributed by atoms with Crippen molar-refractivity contribution in [2.24, 2.45) is 0 Å². The van der Waals surface area contributed by atoms with Gasteiger partial charge in [0.15, 0.2) is 0 Å². The molecule has 1 aliphatic rings. The Hall–Kier alpha value is -3.68. The van der Waals surface area contributed by atoms with E-state index in [4.69, 9.17) is 5.11 Å². The number of fused-ring (bicyclic) bond motifs is 1. The Morgan fingerprint density at radius 1 is 0.971 bits per heavy atom. The second-order valence-electron chi connectivity index (χ2n) is 9.20. The number of pyridine rings is 1. The number of aromatic amines is 1. The van der Waals surface area contributed by atoms with E-state index in [1.807, 2.05) is 36.7 Å². The molecule has 2 aromatic carbocycles. The van der Waals surface area contributed by atoms with Crippen molar-refractivity contribution in [3.63, 3.8) is 0 Å². The third-order valence-electron chi connectivity index (χ3n) is 6.73. The molecule has 1 saturated heterocycles. The van der Waals surface area contributed by atoms with E-state index in [0.717, 1.165) is 66.0 Å². The second kappa shape index (κ2) is 9.90. The highest BCUT2D eigenvalue weighted by atomic mass is 16.3. The van der Waals surface area contributed by atoms with Crippen LogP contribution in [0.1, 0.15) is 10.4 Å². The minimum atomic E-state index is -0.00471. The molecule has 0 aliphatic carbocycles. The van der Waals surface area contributed by atoms with Crippen LogP contribution in [0.2, 0.25) is 0 Å². The fourth-order valence-electron chi connectivity index (χ4n) is 4.69. The second-order valence-corrected chi connectivity index (χ2v) is 9.20. The molecule has 35 heavy (non-hydrogen) atoms. The highest BCUT2D eigenvalue weighted by Crippen LogP contribution is 2.32. The number of nitrogens with zero attached hydrogens (tertiary/aromatic N) is 4. The predicted molar refractivity (Wildman–Crippen MR) is 141 cm³/mol. The van der Waals surface area contributed by atoms with Crippen LogP contribution < -0.4 is 4.90 Å². The van der Waals surface area contributed by atoms with Gasteiger partial charge in [0.25, 0.3) is 5.91 Å². The van der Waals surface area contributed by atoms with Gasteiger partial charge in [-0.15, -0.1) is 0 Å². The number of β-amino-alcohol motifs (C(OH)–C–C–N with tert-alkyl or cyclic N) is 1. The summed E-state index contributed by atoms with van der Waals surface area (Å²) in [6, 6.07) is 18.6. The molecule has 180 valence electrons. The zero-order valence-electron chi connectivity index (χ0n) is 20.2. The molecule has 3 heterocycles. The van der Waals surface area contributed by atoms with E-state index in [2.05, 4.69) is 50.1 Å². The number of hydrogen-bond acceptors (Lipinski definition) is 5. The maximum Gasteiger partial charge on any atom is 0.253 e. The molecule has 4 aromatic rings. The first kappa shape index (κ1) is 23.1. The van der Waals surface area contributed by atoms with Crippen molar-refractivity contribution in [3.8, 4) is 22.3 Å². The lowest BCUT2D eigenvalue weighted by atomic mass is 10.0. The van der Waals surface area contributed by atoms with E-state index in [-0.39, 0.29) is 12.5 Å². The molecule has 7 heteroatoms. The van der Waals surface area contributed by atoms with Gasteiger partial charge < -0.3 is 19.9 Å². The van der Waals surface area contributed by atoms with E-state index in [1.54, 1.807) is 19.0 Å². The maximum absolute atomic E-state index is 12.2. The normalized spacial score (nSPS) is 14.4. The quantitative estimate of drug-likeness (QED) is 0.450. The molecule has 1 aliphatic heterocycles. The number of nitrogens with one attached hydrogen (secondary N) is 1. The molecule has 1 fully saturated rings. The lowest BCUT2D eigenvalue weighted by Gasteiger charge is -2.35. The van der Waals surface area contributed by atoms with Crippen LogP contribution >= 0.6 is 0 Å². The number of aliphatic hydroxyl groups is 1. The van der Waals surface area contributed by atoms with Crippen molar-refractivity contribution < 1.29 is 9.90 Å². The summed E-state index contributed by atoms with van der Waals surface area (Å²) in [5, 5.41) is 10.2. The molecule has 0 saturated carbocycles. The Kier molecular flexibility index (Phi) is 6.53. The average molecular weight is 470 g/mol. The molecule has 0 atom stereocenters. The molecule has 2 N–H and O–H groups in total. The van der Waals surface area contributed by atoms with Gasteiger partial charge >= 0.3 is 0 Å². The van der Waals surface area contributed by atoms with Crippen molar-refractivity contribution in [2.45, 2.75) is 0 Å². The first-order chi connectivity index (χ1) is 17.0. The van der Waals surface area contributed by atoms with Crippen LogP contribution in [-0.2, 0) is 0 Å². The molecular weight excluding hydrogens is 438 g/mol. The number of aromatic nitrogens is 2. The van der Waals surface area contributed by atoms with Gasteiger partial charge in [-0.05, 0) is 41.5 Å². The van der Waals surface area contributed by atoms with E-state index in [1.165, 1.54) is 5.69 Å². The van der Waals surface area contributed by atoms with Gasteiger partial charge in [0.1, 0.15) is 5.65 Å². The lowest BCUT2D eigenvalue weighted by molar-refractivity contribution is 0.0827. The lowest BCUT2D eigenvalue weighted by Crippen LogP contribution is -2.47. The number of benzene rings is 2. The van der Waals surface area contributed by atoms with Crippen molar-refractivity contribution >= 4 is 22.6 Å². The number of rotatable bonds is 6. The molecule has 0 spiro atoms.